The molecule has 1 heterocycles. The van der Waals surface area contributed by atoms with E-state index in [-0.39, 0.29) is 11.8 Å². The highest BCUT2D eigenvalue weighted by molar-refractivity contribution is 7.17. The first kappa shape index (κ1) is 15.6. The molecule has 0 aliphatic heterocycles. The maximum Gasteiger partial charge on any atom is 0.256 e. The van der Waals surface area contributed by atoms with E-state index in [2.05, 4.69) is 10.6 Å². The van der Waals surface area contributed by atoms with Crippen LogP contribution >= 0.6 is 11.3 Å². The molecular weight excluding hydrogens is 312 g/mol. The zero-order valence-corrected chi connectivity index (χ0v) is 13.9. The molecule has 1 aromatic heterocycles. The molecule has 0 spiro atoms. The van der Waals surface area contributed by atoms with Gasteiger partial charge in [-0.2, -0.15) is 0 Å². The van der Waals surface area contributed by atoms with Crippen molar-refractivity contribution in [2.75, 3.05) is 19.5 Å². The molecule has 0 atom stereocenters. The Morgan fingerprint density at radius 3 is 2.52 bits per heavy atom. The van der Waals surface area contributed by atoms with Crippen molar-refractivity contribution in [3.8, 4) is 5.75 Å². The molecule has 0 saturated heterocycles. The molecule has 1 aromatic carbocycles. The Bertz CT molecular complexity index is 750. The summed E-state index contributed by atoms with van der Waals surface area (Å²) >= 11 is 1.51. The molecule has 23 heavy (non-hydrogen) atoms. The van der Waals surface area contributed by atoms with Crippen LogP contribution < -0.4 is 15.4 Å². The van der Waals surface area contributed by atoms with Gasteiger partial charge in [-0.05, 0) is 49.1 Å². The topological polar surface area (TPSA) is 67.4 Å². The van der Waals surface area contributed by atoms with Gasteiger partial charge >= 0.3 is 0 Å². The van der Waals surface area contributed by atoms with Crippen molar-refractivity contribution in [3.63, 3.8) is 0 Å². The van der Waals surface area contributed by atoms with Crippen LogP contribution in [-0.2, 0) is 12.8 Å². The zero-order valence-electron chi connectivity index (χ0n) is 13.1. The lowest BCUT2D eigenvalue weighted by Crippen LogP contribution is -2.21. The number of thiophene rings is 1. The fraction of sp³-hybridized carbons (Fsp3) is 0.294. The second-order valence-electron chi connectivity index (χ2n) is 5.32. The molecule has 120 valence electrons. The Hall–Kier alpha value is -2.34. The molecule has 3 rings (SSSR count). The second-order valence-corrected chi connectivity index (χ2v) is 6.43. The average Bonchev–Trinajstić information content (AvgIpc) is 3.14. The standard InChI is InChI=1S/C17H18N2O3S/c1-18-16(21)14-12-4-3-5-13(12)23-17(14)19-15(20)10-6-8-11(22-2)9-7-10/h6-9H,3-5H2,1-2H3,(H,18,21)(H,19,20). The smallest absolute Gasteiger partial charge is 0.256 e. The van der Waals surface area contributed by atoms with Crippen molar-refractivity contribution in [3.05, 3.63) is 45.8 Å². The third-order valence-electron chi connectivity index (χ3n) is 3.95. The van der Waals surface area contributed by atoms with E-state index in [1.807, 2.05) is 0 Å². The molecule has 2 N–H and O–H groups in total. The number of carbonyl (C=O) groups excluding carboxylic acids is 2. The van der Waals surface area contributed by atoms with Crippen LogP contribution in [0.5, 0.6) is 5.75 Å². The number of rotatable bonds is 4. The quantitative estimate of drug-likeness (QED) is 0.906. The van der Waals surface area contributed by atoms with Gasteiger partial charge in [-0.25, -0.2) is 0 Å². The van der Waals surface area contributed by atoms with Gasteiger partial charge < -0.3 is 15.4 Å². The Kier molecular flexibility index (Phi) is 4.34. The van der Waals surface area contributed by atoms with Crippen LogP contribution in [0.15, 0.2) is 24.3 Å². The number of hydrogen-bond acceptors (Lipinski definition) is 4. The lowest BCUT2D eigenvalue weighted by molar-refractivity contribution is 0.0963. The number of benzene rings is 1. The normalized spacial score (nSPS) is 12.6. The number of hydrogen-bond donors (Lipinski definition) is 2. The van der Waals surface area contributed by atoms with E-state index in [0.29, 0.717) is 21.9 Å². The van der Waals surface area contributed by atoms with E-state index in [0.717, 1.165) is 24.8 Å². The Balaban J connectivity index is 1.87. The highest BCUT2D eigenvalue weighted by Crippen LogP contribution is 2.39. The maximum absolute atomic E-state index is 12.4. The molecule has 0 saturated carbocycles. The second kappa shape index (κ2) is 6.42. The fourth-order valence-corrected chi connectivity index (χ4v) is 4.06. The van der Waals surface area contributed by atoms with E-state index in [1.165, 1.54) is 16.2 Å². The minimum Gasteiger partial charge on any atom is -0.497 e. The summed E-state index contributed by atoms with van der Waals surface area (Å²) in [6.07, 6.45) is 2.94. The first-order valence-corrected chi connectivity index (χ1v) is 8.27. The van der Waals surface area contributed by atoms with E-state index >= 15 is 0 Å². The number of carbonyl (C=O) groups is 2. The highest BCUT2D eigenvalue weighted by Gasteiger charge is 2.27. The van der Waals surface area contributed by atoms with Crippen molar-refractivity contribution in [2.24, 2.45) is 0 Å². The number of nitrogens with one attached hydrogen (secondary N) is 2. The summed E-state index contributed by atoms with van der Waals surface area (Å²) in [6.45, 7) is 0. The van der Waals surface area contributed by atoms with E-state index < -0.39 is 0 Å². The highest BCUT2D eigenvalue weighted by atomic mass is 32.1. The van der Waals surface area contributed by atoms with Crippen molar-refractivity contribution in [2.45, 2.75) is 19.3 Å². The summed E-state index contributed by atoms with van der Waals surface area (Å²) in [6, 6.07) is 6.88. The maximum atomic E-state index is 12.4. The van der Waals surface area contributed by atoms with Gasteiger partial charge in [0.25, 0.3) is 11.8 Å². The lowest BCUT2D eigenvalue weighted by Gasteiger charge is -2.08. The molecule has 0 bridgehead atoms. The van der Waals surface area contributed by atoms with Crippen LogP contribution in [0.3, 0.4) is 0 Å². The van der Waals surface area contributed by atoms with E-state index in [9.17, 15) is 9.59 Å². The summed E-state index contributed by atoms with van der Waals surface area (Å²) in [5.41, 5.74) is 2.23. The largest absolute Gasteiger partial charge is 0.497 e. The van der Waals surface area contributed by atoms with Gasteiger partial charge in [-0.3, -0.25) is 9.59 Å². The van der Waals surface area contributed by atoms with Gasteiger partial charge in [0.15, 0.2) is 0 Å². The summed E-state index contributed by atoms with van der Waals surface area (Å²) in [4.78, 5) is 25.8. The predicted molar refractivity (Wildman–Crippen MR) is 90.7 cm³/mol. The molecule has 0 unspecified atom stereocenters. The summed E-state index contributed by atoms with van der Waals surface area (Å²) in [5.74, 6) is 0.329. The minimum atomic E-state index is -0.224. The van der Waals surface area contributed by atoms with Gasteiger partial charge in [-0.15, -0.1) is 11.3 Å². The molecule has 6 heteroatoms. The monoisotopic (exact) mass is 330 g/mol. The number of ether oxygens (including phenoxy) is 1. The average molecular weight is 330 g/mol. The van der Waals surface area contributed by atoms with Crippen LogP contribution in [0.25, 0.3) is 0 Å². The summed E-state index contributed by atoms with van der Waals surface area (Å²) < 4.78 is 5.09. The fourth-order valence-electron chi connectivity index (χ4n) is 2.78. The number of methoxy groups -OCH3 is 1. The van der Waals surface area contributed by atoms with Crippen LogP contribution in [-0.4, -0.2) is 26.0 Å². The molecule has 0 radical (unpaired) electrons. The van der Waals surface area contributed by atoms with Crippen molar-refractivity contribution < 1.29 is 14.3 Å². The van der Waals surface area contributed by atoms with Crippen LogP contribution in [0.2, 0.25) is 0 Å². The Labute approximate surface area is 138 Å². The van der Waals surface area contributed by atoms with E-state index in [4.69, 9.17) is 4.74 Å². The molecule has 2 amide bonds. The third-order valence-corrected chi connectivity index (χ3v) is 5.16. The van der Waals surface area contributed by atoms with Gasteiger partial charge in [0.2, 0.25) is 0 Å². The number of fused-ring (bicyclic) bond motifs is 1. The first-order valence-electron chi connectivity index (χ1n) is 7.46. The lowest BCUT2D eigenvalue weighted by atomic mass is 10.1. The number of aryl methyl sites for hydroxylation is 1. The SMILES string of the molecule is CNC(=O)c1c(NC(=O)c2ccc(OC)cc2)sc2c1CCC2. The predicted octanol–water partition coefficient (Wildman–Crippen LogP) is 2.86. The molecule has 1 aliphatic carbocycles. The van der Waals surface area contributed by atoms with Crippen LogP contribution in [0.1, 0.15) is 37.6 Å². The molecule has 5 nitrogen and oxygen atoms in total. The molecule has 0 fully saturated rings. The van der Waals surface area contributed by atoms with Crippen LogP contribution in [0.4, 0.5) is 5.00 Å². The van der Waals surface area contributed by atoms with Gasteiger partial charge in [0, 0.05) is 17.5 Å². The molecule has 2 aromatic rings. The summed E-state index contributed by atoms with van der Waals surface area (Å²) in [5, 5.41) is 6.19. The Morgan fingerprint density at radius 2 is 1.87 bits per heavy atom. The van der Waals surface area contributed by atoms with Crippen molar-refractivity contribution in [1.29, 1.82) is 0 Å². The van der Waals surface area contributed by atoms with Crippen molar-refractivity contribution in [1.82, 2.24) is 5.32 Å². The van der Waals surface area contributed by atoms with Gasteiger partial charge in [-0.1, -0.05) is 0 Å². The van der Waals surface area contributed by atoms with E-state index in [1.54, 1.807) is 38.4 Å². The Morgan fingerprint density at radius 1 is 1.13 bits per heavy atom. The number of anilines is 1. The zero-order chi connectivity index (χ0) is 16.4. The molecule has 1 aliphatic rings. The summed E-state index contributed by atoms with van der Waals surface area (Å²) in [7, 11) is 3.19. The molecular formula is C17H18N2O3S. The third kappa shape index (κ3) is 2.94. The first-order chi connectivity index (χ1) is 11.1. The minimum absolute atomic E-state index is 0.144. The van der Waals surface area contributed by atoms with Gasteiger partial charge in [0.05, 0.1) is 12.7 Å². The van der Waals surface area contributed by atoms with Crippen molar-refractivity contribution >= 4 is 28.2 Å². The van der Waals surface area contributed by atoms with Crippen LogP contribution in [0, 0.1) is 0 Å². The number of amides is 2. The van der Waals surface area contributed by atoms with Gasteiger partial charge in [0.1, 0.15) is 10.8 Å².